The van der Waals surface area contributed by atoms with Crippen LogP contribution >= 0.6 is 11.6 Å². The van der Waals surface area contributed by atoms with Gasteiger partial charge < -0.3 is 5.73 Å². The minimum Gasteiger partial charge on any atom is -0.330 e. The summed E-state index contributed by atoms with van der Waals surface area (Å²) in [6.45, 7) is 2.61. The van der Waals surface area contributed by atoms with Crippen molar-refractivity contribution in [2.45, 2.75) is 13.3 Å². The smallest absolute Gasteiger partial charge is 0.132 e. The van der Waals surface area contributed by atoms with Crippen LogP contribution in [0.3, 0.4) is 0 Å². The van der Waals surface area contributed by atoms with Gasteiger partial charge in [0.2, 0.25) is 0 Å². The van der Waals surface area contributed by atoms with Crippen LogP contribution in [0.1, 0.15) is 11.1 Å². The molecule has 0 unspecified atom stereocenters. The maximum Gasteiger partial charge on any atom is 0.132 e. The van der Waals surface area contributed by atoms with Crippen LogP contribution in [0.5, 0.6) is 0 Å². The Labute approximate surface area is 71.4 Å². The number of halogens is 1. The van der Waals surface area contributed by atoms with Crippen LogP contribution in [0.4, 0.5) is 0 Å². The fourth-order valence-corrected chi connectivity index (χ4v) is 1.15. The van der Waals surface area contributed by atoms with Gasteiger partial charge in [-0.3, -0.25) is 0 Å². The number of hydrogen-bond acceptors (Lipinski definition) is 2. The molecule has 60 valence electrons. The van der Waals surface area contributed by atoms with Crippen molar-refractivity contribution in [3.63, 3.8) is 0 Å². The molecule has 0 aliphatic heterocycles. The molecule has 11 heavy (non-hydrogen) atoms. The zero-order valence-corrected chi connectivity index (χ0v) is 7.23. The molecule has 0 spiro atoms. The lowest BCUT2D eigenvalue weighted by atomic mass is 10.1. The van der Waals surface area contributed by atoms with Gasteiger partial charge in [-0.05, 0) is 37.1 Å². The molecular weight excluding hydrogens is 160 g/mol. The highest BCUT2D eigenvalue weighted by molar-refractivity contribution is 6.30. The van der Waals surface area contributed by atoms with E-state index in [0.717, 1.165) is 12.0 Å². The Morgan fingerprint density at radius 3 is 3.00 bits per heavy atom. The van der Waals surface area contributed by atoms with Gasteiger partial charge >= 0.3 is 0 Å². The molecule has 0 saturated carbocycles. The molecule has 0 saturated heterocycles. The third-order valence-electron chi connectivity index (χ3n) is 1.67. The minimum absolute atomic E-state index is 0.580. The Bertz CT molecular complexity index is 248. The van der Waals surface area contributed by atoms with Crippen LogP contribution in [0.2, 0.25) is 5.15 Å². The van der Waals surface area contributed by atoms with E-state index < -0.39 is 0 Å². The summed E-state index contributed by atoms with van der Waals surface area (Å²) in [6, 6.07) is 1.95. The van der Waals surface area contributed by atoms with Crippen LogP contribution in [0.15, 0.2) is 12.3 Å². The van der Waals surface area contributed by atoms with Crippen LogP contribution in [0, 0.1) is 6.92 Å². The van der Waals surface area contributed by atoms with E-state index in [0.29, 0.717) is 11.7 Å². The van der Waals surface area contributed by atoms with Gasteiger partial charge in [-0.25, -0.2) is 4.98 Å². The largest absolute Gasteiger partial charge is 0.330 e. The summed E-state index contributed by atoms with van der Waals surface area (Å²) in [7, 11) is 0. The normalized spacial score (nSPS) is 10.1. The zero-order valence-electron chi connectivity index (χ0n) is 6.47. The van der Waals surface area contributed by atoms with Gasteiger partial charge in [0.15, 0.2) is 0 Å². The second kappa shape index (κ2) is 3.69. The molecule has 0 bridgehead atoms. The van der Waals surface area contributed by atoms with E-state index >= 15 is 0 Å². The van der Waals surface area contributed by atoms with Crippen LogP contribution in [-0.4, -0.2) is 11.5 Å². The van der Waals surface area contributed by atoms with Gasteiger partial charge in [-0.2, -0.15) is 0 Å². The molecule has 1 rings (SSSR count). The topological polar surface area (TPSA) is 38.9 Å². The lowest BCUT2D eigenvalue weighted by molar-refractivity contribution is 0.951. The van der Waals surface area contributed by atoms with Crippen LogP contribution in [0.25, 0.3) is 0 Å². The SMILES string of the molecule is Cc1c(CCN)ccnc1Cl. The number of nitrogens with zero attached hydrogens (tertiary/aromatic N) is 1. The van der Waals surface area contributed by atoms with Gasteiger partial charge in [0.1, 0.15) is 5.15 Å². The van der Waals surface area contributed by atoms with Crippen molar-refractivity contribution in [1.82, 2.24) is 4.98 Å². The Morgan fingerprint density at radius 2 is 2.36 bits per heavy atom. The molecule has 1 aromatic heterocycles. The van der Waals surface area contributed by atoms with Crippen molar-refractivity contribution >= 4 is 11.6 Å². The predicted molar refractivity (Wildman–Crippen MR) is 46.7 cm³/mol. The van der Waals surface area contributed by atoms with Gasteiger partial charge in [0.25, 0.3) is 0 Å². The highest BCUT2D eigenvalue weighted by Crippen LogP contribution is 2.15. The summed E-state index contributed by atoms with van der Waals surface area (Å²) in [6.07, 6.45) is 2.58. The van der Waals surface area contributed by atoms with E-state index in [-0.39, 0.29) is 0 Å². The zero-order chi connectivity index (χ0) is 8.27. The molecule has 2 nitrogen and oxygen atoms in total. The number of rotatable bonds is 2. The van der Waals surface area contributed by atoms with Crippen molar-refractivity contribution in [2.24, 2.45) is 5.73 Å². The first-order valence-electron chi connectivity index (χ1n) is 3.55. The molecule has 0 aromatic carbocycles. The summed E-state index contributed by atoms with van der Waals surface area (Å²) in [5, 5.41) is 0.580. The lowest BCUT2D eigenvalue weighted by Gasteiger charge is -2.03. The van der Waals surface area contributed by atoms with E-state index in [1.807, 2.05) is 13.0 Å². The Kier molecular flexibility index (Phi) is 2.85. The van der Waals surface area contributed by atoms with Gasteiger partial charge in [0.05, 0.1) is 0 Å². The number of aromatic nitrogens is 1. The first-order valence-corrected chi connectivity index (χ1v) is 3.93. The maximum absolute atomic E-state index is 5.80. The fraction of sp³-hybridized carbons (Fsp3) is 0.375. The number of pyridine rings is 1. The number of hydrogen-bond donors (Lipinski definition) is 1. The molecule has 0 aliphatic carbocycles. The highest BCUT2D eigenvalue weighted by atomic mass is 35.5. The fourth-order valence-electron chi connectivity index (χ4n) is 0.973. The lowest BCUT2D eigenvalue weighted by Crippen LogP contribution is -2.04. The van der Waals surface area contributed by atoms with E-state index in [1.54, 1.807) is 6.20 Å². The first-order chi connectivity index (χ1) is 5.25. The summed E-state index contributed by atoms with van der Waals surface area (Å²) in [4.78, 5) is 3.95. The van der Waals surface area contributed by atoms with E-state index in [9.17, 15) is 0 Å². The van der Waals surface area contributed by atoms with Crippen molar-refractivity contribution < 1.29 is 0 Å². The first kappa shape index (κ1) is 8.50. The third-order valence-corrected chi connectivity index (χ3v) is 2.05. The summed E-state index contributed by atoms with van der Waals surface area (Å²) >= 11 is 5.80. The van der Waals surface area contributed by atoms with Gasteiger partial charge in [0, 0.05) is 6.20 Å². The molecule has 0 radical (unpaired) electrons. The molecule has 1 aromatic rings. The van der Waals surface area contributed by atoms with Crippen LogP contribution in [-0.2, 0) is 6.42 Å². The van der Waals surface area contributed by atoms with E-state index in [2.05, 4.69) is 4.98 Å². The van der Waals surface area contributed by atoms with Crippen LogP contribution < -0.4 is 5.73 Å². The molecule has 2 N–H and O–H groups in total. The summed E-state index contributed by atoms with van der Waals surface area (Å²) < 4.78 is 0. The van der Waals surface area contributed by atoms with Crippen molar-refractivity contribution in [3.8, 4) is 0 Å². The molecule has 0 aliphatic rings. The average molecular weight is 171 g/mol. The molecule has 0 amide bonds. The summed E-state index contributed by atoms with van der Waals surface area (Å²) in [5.41, 5.74) is 7.64. The minimum atomic E-state index is 0.580. The Hall–Kier alpha value is -0.600. The molecule has 1 heterocycles. The van der Waals surface area contributed by atoms with Crippen molar-refractivity contribution in [3.05, 3.63) is 28.5 Å². The number of nitrogens with two attached hydrogens (primary N) is 1. The van der Waals surface area contributed by atoms with Gasteiger partial charge in [-0.1, -0.05) is 11.6 Å². The quantitative estimate of drug-likeness (QED) is 0.684. The molecular formula is C8H11ClN2. The highest BCUT2D eigenvalue weighted by Gasteiger charge is 2.00. The van der Waals surface area contributed by atoms with Crippen molar-refractivity contribution in [2.75, 3.05) is 6.54 Å². The standard InChI is InChI=1S/C8H11ClN2/c1-6-7(2-4-10)3-5-11-8(6)9/h3,5H,2,4,10H2,1H3. The maximum atomic E-state index is 5.80. The van der Waals surface area contributed by atoms with Crippen molar-refractivity contribution in [1.29, 1.82) is 0 Å². The van der Waals surface area contributed by atoms with E-state index in [4.69, 9.17) is 17.3 Å². The van der Waals surface area contributed by atoms with Gasteiger partial charge in [-0.15, -0.1) is 0 Å². The summed E-state index contributed by atoms with van der Waals surface area (Å²) in [5.74, 6) is 0. The molecule has 0 atom stereocenters. The Morgan fingerprint density at radius 1 is 1.64 bits per heavy atom. The second-order valence-electron chi connectivity index (χ2n) is 2.42. The Balaban J connectivity index is 2.96. The average Bonchev–Trinajstić information content (AvgIpc) is 1.99. The molecule has 3 heteroatoms. The van der Waals surface area contributed by atoms with E-state index in [1.165, 1.54) is 5.56 Å². The second-order valence-corrected chi connectivity index (χ2v) is 2.78. The molecule has 0 fully saturated rings. The predicted octanol–water partition coefficient (Wildman–Crippen LogP) is 1.54. The third kappa shape index (κ3) is 1.91. The monoisotopic (exact) mass is 170 g/mol.